The number of nitrogens with one attached hydrogen (secondary N) is 1. The van der Waals surface area contributed by atoms with E-state index in [4.69, 9.17) is 4.74 Å². The standard InChI is InChI=1S/C18H31NO/c1-5-6-7-8-11-19-12-13-20-17-9-10-18(15(2)3)16(4)14-17/h9-10,14-15,19H,5-8,11-13H2,1-4H3. The minimum atomic E-state index is 0.578. The highest BCUT2D eigenvalue weighted by atomic mass is 16.5. The van der Waals surface area contributed by atoms with Crippen LogP contribution in [-0.2, 0) is 0 Å². The number of hydrogen-bond acceptors (Lipinski definition) is 2. The first kappa shape index (κ1) is 17.0. The van der Waals surface area contributed by atoms with Crippen LogP contribution in [0.5, 0.6) is 5.75 Å². The van der Waals surface area contributed by atoms with Crippen molar-refractivity contribution in [1.82, 2.24) is 5.32 Å². The molecule has 20 heavy (non-hydrogen) atoms. The van der Waals surface area contributed by atoms with Crippen molar-refractivity contribution < 1.29 is 4.74 Å². The minimum Gasteiger partial charge on any atom is -0.492 e. The normalized spacial score (nSPS) is 11.1. The average Bonchev–Trinajstić information content (AvgIpc) is 2.41. The molecular formula is C18H31NO. The van der Waals surface area contributed by atoms with Crippen molar-refractivity contribution in [2.24, 2.45) is 0 Å². The second-order valence-electron chi connectivity index (χ2n) is 5.83. The lowest BCUT2D eigenvalue weighted by molar-refractivity contribution is 0.313. The number of benzene rings is 1. The lowest BCUT2D eigenvalue weighted by Gasteiger charge is -2.12. The van der Waals surface area contributed by atoms with Gasteiger partial charge in [0.1, 0.15) is 12.4 Å². The Morgan fingerprint density at radius 2 is 1.90 bits per heavy atom. The van der Waals surface area contributed by atoms with Gasteiger partial charge in [0.15, 0.2) is 0 Å². The van der Waals surface area contributed by atoms with E-state index in [-0.39, 0.29) is 0 Å². The number of aryl methyl sites for hydroxylation is 1. The van der Waals surface area contributed by atoms with Gasteiger partial charge in [-0.25, -0.2) is 0 Å². The predicted octanol–water partition coefficient (Wildman–Crippen LogP) is 4.67. The van der Waals surface area contributed by atoms with E-state index in [1.54, 1.807) is 0 Å². The molecule has 1 aromatic rings. The predicted molar refractivity (Wildman–Crippen MR) is 87.8 cm³/mol. The summed E-state index contributed by atoms with van der Waals surface area (Å²) in [5.74, 6) is 1.56. The van der Waals surface area contributed by atoms with Crippen molar-refractivity contribution in [2.75, 3.05) is 19.7 Å². The van der Waals surface area contributed by atoms with E-state index < -0.39 is 0 Å². The number of rotatable bonds is 10. The zero-order valence-corrected chi connectivity index (χ0v) is 13.7. The molecule has 2 heteroatoms. The van der Waals surface area contributed by atoms with E-state index in [0.29, 0.717) is 5.92 Å². The van der Waals surface area contributed by atoms with E-state index in [0.717, 1.165) is 25.4 Å². The molecule has 1 N–H and O–H groups in total. The quantitative estimate of drug-likeness (QED) is 0.628. The van der Waals surface area contributed by atoms with Crippen LogP contribution in [0.3, 0.4) is 0 Å². The third-order valence-electron chi connectivity index (χ3n) is 3.62. The zero-order valence-electron chi connectivity index (χ0n) is 13.7. The molecule has 2 nitrogen and oxygen atoms in total. The third-order valence-corrected chi connectivity index (χ3v) is 3.62. The number of hydrogen-bond donors (Lipinski definition) is 1. The molecule has 0 fully saturated rings. The maximum atomic E-state index is 5.79. The first-order valence-corrected chi connectivity index (χ1v) is 8.09. The van der Waals surface area contributed by atoms with Crippen LogP contribution in [0, 0.1) is 6.92 Å². The second-order valence-corrected chi connectivity index (χ2v) is 5.83. The van der Waals surface area contributed by atoms with Crippen LogP contribution < -0.4 is 10.1 Å². The van der Waals surface area contributed by atoms with Gasteiger partial charge in [0.25, 0.3) is 0 Å². The molecule has 114 valence electrons. The molecule has 0 saturated heterocycles. The van der Waals surface area contributed by atoms with Gasteiger partial charge in [0.05, 0.1) is 0 Å². The lowest BCUT2D eigenvalue weighted by Crippen LogP contribution is -2.22. The summed E-state index contributed by atoms with van der Waals surface area (Å²) in [5.41, 5.74) is 2.73. The zero-order chi connectivity index (χ0) is 14.8. The molecule has 0 radical (unpaired) electrons. The monoisotopic (exact) mass is 277 g/mol. The molecule has 0 aliphatic heterocycles. The highest BCUT2D eigenvalue weighted by Gasteiger charge is 2.04. The SMILES string of the molecule is CCCCCCNCCOc1ccc(C(C)C)c(C)c1. The van der Waals surface area contributed by atoms with Gasteiger partial charge in [-0.1, -0.05) is 46.1 Å². The summed E-state index contributed by atoms with van der Waals surface area (Å²) in [5, 5.41) is 3.43. The summed E-state index contributed by atoms with van der Waals surface area (Å²) in [7, 11) is 0. The smallest absolute Gasteiger partial charge is 0.119 e. The molecule has 0 aliphatic rings. The first-order valence-electron chi connectivity index (χ1n) is 8.09. The van der Waals surface area contributed by atoms with Crippen molar-refractivity contribution in [3.63, 3.8) is 0 Å². The first-order chi connectivity index (χ1) is 9.65. The summed E-state index contributed by atoms with van der Waals surface area (Å²) < 4.78 is 5.79. The van der Waals surface area contributed by atoms with Crippen LogP contribution >= 0.6 is 0 Å². The molecule has 0 aromatic heterocycles. The molecule has 0 atom stereocenters. The maximum Gasteiger partial charge on any atom is 0.119 e. The molecular weight excluding hydrogens is 246 g/mol. The van der Waals surface area contributed by atoms with Gasteiger partial charge >= 0.3 is 0 Å². The Morgan fingerprint density at radius 3 is 2.55 bits per heavy atom. The molecule has 1 aromatic carbocycles. The fourth-order valence-corrected chi connectivity index (χ4v) is 2.43. The molecule has 0 amide bonds. The van der Waals surface area contributed by atoms with Gasteiger partial charge in [0.2, 0.25) is 0 Å². The van der Waals surface area contributed by atoms with Gasteiger partial charge < -0.3 is 10.1 Å². The van der Waals surface area contributed by atoms with Gasteiger partial charge in [-0.05, 0) is 49.1 Å². The third kappa shape index (κ3) is 6.42. The summed E-state index contributed by atoms with van der Waals surface area (Å²) >= 11 is 0. The highest BCUT2D eigenvalue weighted by molar-refractivity contribution is 5.36. The van der Waals surface area contributed by atoms with Gasteiger partial charge in [-0.3, -0.25) is 0 Å². The van der Waals surface area contributed by atoms with Crippen molar-refractivity contribution in [3.8, 4) is 5.75 Å². The summed E-state index contributed by atoms with van der Waals surface area (Å²) in [6, 6.07) is 6.42. The molecule has 1 rings (SSSR count). The Hall–Kier alpha value is -1.02. The van der Waals surface area contributed by atoms with E-state index in [9.17, 15) is 0 Å². The van der Waals surface area contributed by atoms with Crippen LogP contribution in [0.1, 0.15) is 63.5 Å². The van der Waals surface area contributed by atoms with Crippen molar-refractivity contribution in [3.05, 3.63) is 29.3 Å². The maximum absolute atomic E-state index is 5.79. The molecule has 0 heterocycles. The van der Waals surface area contributed by atoms with E-state index in [1.165, 1.54) is 36.8 Å². The molecule has 0 spiro atoms. The van der Waals surface area contributed by atoms with Crippen molar-refractivity contribution in [2.45, 2.75) is 59.3 Å². The molecule has 0 saturated carbocycles. The second kappa shape index (κ2) is 9.82. The van der Waals surface area contributed by atoms with E-state index in [1.807, 2.05) is 0 Å². The highest BCUT2D eigenvalue weighted by Crippen LogP contribution is 2.23. The molecule has 0 bridgehead atoms. The Labute approximate surface area is 124 Å². The Balaban J connectivity index is 2.18. The van der Waals surface area contributed by atoms with Gasteiger partial charge in [-0.15, -0.1) is 0 Å². The Bertz CT molecular complexity index is 374. The van der Waals surface area contributed by atoms with E-state index in [2.05, 4.69) is 51.2 Å². The largest absolute Gasteiger partial charge is 0.492 e. The summed E-state index contributed by atoms with van der Waals surface area (Å²) in [4.78, 5) is 0. The summed E-state index contributed by atoms with van der Waals surface area (Å²) in [6.45, 7) is 11.6. The average molecular weight is 277 g/mol. The van der Waals surface area contributed by atoms with Gasteiger partial charge in [-0.2, -0.15) is 0 Å². The van der Waals surface area contributed by atoms with Crippen molar-refractivity contribution in [1.29, 1.82) is 0 Å². The molecule has 0 unspecified atom stereocenters. The van der Waals surface area contributed by atoms with Gasteiger partial charge in [0, 0.05) is 6.54 Å². The van der Waals surface area contributed by atoms with Crippen molar-refractivity contribution >= 4 is 0 Å². The Morgan fingerprint density at radius 1 is 1.10 bits per heavy atom. The Kier molecular flexibility index (Phi) is 8.36. The van der Waals surface area contributed by atoms with Crippen LogP contribution in [0.15, 0.2) is 18.2 Å². The van der Waals surface area contributed by atoms with E-state index >= 15 is 0 Å². The van der Waals surface area contributed by atoms with Crippen LogP contribution in [0.25, 0.3) is 0 Å². The molecule has 0 aliphatic carbocycles. The fraction of sp³-hybridized carbons (Fsp3) is 0.667. The number of ether oxygens (including phenoxy) is 1. The lowest BCUT2D eigenvalue weighted by atomic mass is 9.98. The van der Waals surface area contributed by atoms with Crippen LogP contribution in [0.4, 0.5) is 0 Å². The summed E-state index contributed by atoms with van der Waals surface area (Å²) in [6.07, 6.45) is 5.25. The minimum absolute atomic E-state index is 0.578. The van der Waals surface area contributed by atoms with Crippen LogP contribution in [0.2, 0.25) is 0 Å². The fourth-order valence-electron chi connectivity index (χ4n) is 2.43. The topological polar surface area (TPSA) is 21.3 Å². The van der Waals surface area contributed by atoms with Crippen LogP contribution in [-0.4, -0.2) is 19.7 Å². The number of unbranched alkanes of at least 4 members (excludes halogenated alkanes) is 3.